The first-order valence-electron chi connectivity index (χ1n) is 9.67. The molecule has 152 valence electrons. The summed E-state index contributed by atoms with van der Waals surface area (Å²) in [6.07, 6.45) is 3.51. The lowest BCUT2D eigenvalue weighted by Crippen LogP contribution is -2.26. The van der Waals surface area contributed by atoms with Gasteiger partial charge in [-0.1, -0.05) is 12.1 Å². The molecular formula is C21H22FN3O2S2. The minimum Gasteiger partial charge on any atom is -0.350 e. The van der Waals surface area contributed by atoms with Gasteiger partial charge in [-0.05, 0) is 49.4 Å². The fourth-order valence-corrected chi connectivity index (χ4v) is 5.68. The van der Waals surface area contributed by atoms with Gasteiger partial charge < -0.3 is 10.3 Å². The van der Waals surface area contributed by atoms with Crippen LogP contribution in [0.1, 0.15) is 47.6 Å². The van der Waals surface area contributed by atoms with Crippen molar-refractivity contribution < 1.29 is 9.18 Å². The Hall–Kier alpha value is -2.19. The van der Waals surface area contributed by atoms with E-state index in [4.69, 9.17) is 0 Å². The zero-order valence-electron chi connectivity index (χ0n) is 16.1. The van der Waals surface area contributed by atoms with Crippen LogP contribution in [0.25, 0.3) is 10.2 Å². The van der Waals surface area contributed by atoms with Gasteiger partial charge in [0.2, 0.25) is 5.91 Å². The molecule has 2 N–H and O–H groups in total. The first kappa shape index (κ1) is 20.1. The maximum absolute atomic E-state index is 13.0. The Morgan fingerprint density at radius 3 is 2.93 bits per heavy atom. The van der Waals surface area contributed by atoms with E-state index in [2.05, 4.69) is 15.3 Å². The van der Waals surface area contributed by atoms with Crippen LogP contribution in [0.4, 0.5) is 4.39 Å². The van der Waals surface area contributed by atoms with Crippen LogP contribution in [0, 0.1) is 5.82 Å². The minimum atomic E-state index is -0.291. The van der Waals surface area contributed by atoms with Crippen molar-refractivity contribution in [3.05, 3.63) is 62.3 Å². The summed E-state index contributed by atoms with van der Waals surface area (Å²) < 4.78 is 13.0. The molecule has 0 saturated carbocycles. The molecule has 0 bridgehead atoms. The van der Waals surface area contributed by atoms with Crippen LogP contribution in [0.5, 0.6) is 0 Å². The second-order valence-electron chi connectivity index (χ2n) is 7.19. The molecule has 0 fully saturated rings. The Bertz CT molecular complexity index is 1090. The summed E-state index contributed by atoms with van der Waals surface area (Å²) in [6, 6.07) is 5.96. The number of carbonyl (C=O) groups is 1. The number of thioether (sulfide) groups is 1. The number of benzene rings is 1. The third-order valence-electron chi connectivity index (χ3n) is 5.08. The number of nitrogens with zero attached hydrogens (tertiary/aromatic N) is 1. The van der Waals surface area contributed by atoms with Crippen molar-refractivity contribution in [3.63, 3.8) is 0 Å². The predicted octanol–water partition coefficient (Wildman–Crippen LogP) is 4.11. The number of aromatic amines is 1. The number of hydrogen-bond donors (Lipinski definition) is 2. The van der Waals surface area contributed by atoms with Crippen LogP contribution in [0.15, 0.2) is 29.1 Å². The molecule has 2 aromatic heterocycles. The lowest BCUT2D eigenvalue weighted by atomic mass is 10.1. The van der Waals surface area contributed by atoms with Gasteiger partial charge in [-0.3, -0.25) is 9.59 Å². The molecule has 4 rings (SSSR count). The third-order valence-corrected chi connectivity index (χ3v) is 7.24. The van der Waals surface area contributed by atoms with Crippen molar-refractivity contribution in [1.82, 2.24) is 15.3 Å². The highest BCUT2D eigenvalue weighted by atomic mass is 32.2. The molecule has 0 saturated heterocycles. The summed E-state index contributed by atoms with van der Waals surface area (Å²) in [5.74, 6) is 1.51. The number of fused-ring (bicyclic) bond motifs is 3. The summed E-state index contributed by atoms with van der Waals surface area (Å²) in [6.45, 7) is 1.88. The average molecular weight is 432 g/mol. The molecular weight excluding hydrogens is 409 g/mol. The highest BCUT2D eigenvalue weighted by Crippen LogP contribution is 2.34. The Balaban J connectivity index is 1.27. The molecule has 0 spiro atoms. The Labute approximate surface area is 176 Å². The van der Waals surface area contributed by atoms with Crippen molar-refractivity contribution in [1.29, 1.82) is 0 Å². The molecule has 1 aliphatic carbocycles. The fourth-order valence-electron chi connectivity index (χ4n) is 3.60. The van der Waals surface area contributed by atoms with Crippen molar-refractivity contribution in [2.75, 3.05) is 5.75 Å². The maximum atomic E-state index is 13.0. The van der Waals surface area contributed by atoms with Gasteiger partial charge >= 0.3 is 0 Å². The van der Waals surface area contributed by atoms with Gasteiger partial charge in [0.05, 0.1) is 17.2 Å². The van der Waals surface area contributed by atoms with Gasteiger partial charge in [0, 0.05) is 17.1 Å². The van der Waals surface area contributed by atoms with E-state index in [1.54, 1.807) is 35.2 Å². The molecule has 8 heteroatoms. The number of aromatic nitrogens is 2. The van der Waals surface area contributed by atoms with E-state index < -0.39 is 0 Å². The van der Waals surface area contributed by atoms with Crippen molar-refractivity contribution in [2.24, 2.45) is 0 Å². The van der Waals surface area contributed by atoms with Gasteiger partial charge in [-0.15, -0.1) is 11.3 Å². The van der Waals surface area contributed by atoms with Gasteiger partial charge in [0.25, 0.3) is 5.56 Å². The largest absolute Gasteiger partial charge is 0.350 e. The topological polar surface area (TPSA) is 74.8 Å². The zero-order chi connectivity index (χ0) is 20.4. The zero-order valence-corrected chi connectivity index (χ0v) is 17.7. The molecule has 1 atom stereocenters. The van der Waals surface area contributed by atoms with E-state index in [1.165, 1.54) is 22.6 Å². The van der Waals surface area contributed by atoms with Crippen LogP contribution in [-0.4, -0.2) is 21.6 Å². The summed E-state index contributed by atoms with van der Waals surface area (Å²) in [5.41, 5.74) is 2.01. The number of nitrogens with one attached hydrogen (secondary N) is 2. The Kier molecular flexibility index (Phi) is 6.01. The number of halogens is 1. The van der Waals surface area contributed by atoms with Crippen LogP contribution in [0.2, 0.25) is 0 Å². The van der Waals surface area contributed by atoms with Gasteiger partial charge in [-0.25, -0.2) is 9.37 Å². The molecule has 29 heavy (non-hydrogen) atoms. The third kappa shape index (κ3) is 4.53. The second-order valence-corrected chi connectivity index (χ2v) is 9.38. The molecule has 1 aromatic carbocycles. The maximum Gasteiger partial charge on any atom is 0.259 e. The molecule has 2 heterocycles. The standard InChI is InChI=1S/C21H22FN3O2S2/c1-12(13-5-7-14(22)8-6-13)23-18(26)9-10-28-11-17-24-20(27)19-15-3-2-4-16(15)29-21(19)25-17/h5-8,12H,2-4,9-11H2,1H3,(H,23,26)(H,24,25,27). The first-order valence-corrected chi connectivity index (χ1v) is 11.6. The minimum absolute atomic E-state index is 0.0455. The average Bonchev–Trinajstić information content (AvgIpc) is 3.26. The number of amides is 1. The smallest absolute Gasteiger partial charge is 0.259 e. The molecule has 0 radical (unpaired) electrons. The van der Waals surface area contributed by atoms with Crippen molar-refractivity contribution in [2.45, 2.75) is 44.4 Å². The van der Waals surface area contributed by atoms with Crippen LogP contribution in [-0.2, 0) is 23.4 Å². The predicted molar refractivity (Wildman–Crippen MR) is 116 cm³/mol. The monoisotopic (exact) mass is 431 g/mol. The Morgan fingerprint density at radius 2 is 2.14 bits per heavy atom. The van der Waals surface area contributed by atoms with E-state index in [9.17, 15) is 14.0 Å². The van der Waals surface area contributed by atoms with Gasteiger partial charge in [0.15, 0.2) is 0 Å². The van der Waals surface area contributed by atoms with Crippen LogP contribution < -0.4 is 10.9 Å². The van der Waals surface area contributed by atoms with E-state index in [-0.39, 0.29) is 23.3 Å². The van der Waals surface area contributed by atoms with E-state index in [0.717, 1.165) is 35.0 Å². The van der Waals surface area contributed by atoms with Crippen molar-refractivity contribution in [3.8, 4) is 0 Å². The number of carbonyl (C=O) groups excluding carboxylic acids is 1. The number of thiophene rings is 1. The molecule has 3 aromatic rings. The summed E-state index contributed by atoms with van der Waals surface area (Å²) >= 11 is 3.21. The molecule has 0 aliphatic heterocycles. The lowest BCUT2D eigenvalue weighted by molar-refractivity contribution is -0.121. The lowest BCUT2D eigenvalue weighted by Gasteiger charge is -2.14. The van der Waals surface area contributed by atoms with Crippen molar-refractivity contribution >= 4 is 39.2 Å². The van der Waals surface area contributed by atoms with Gasteiger partial charge in [-0.2, -0.15) is 11.8 Å². The summed E-state index contributed by atoms with van der Waals surface area (Å²) in [5, 5.41) is 3.69. The fraction of sp³-hybridized carbons (Fsp3) is 0.381. The number of H-pyrrole nitrogens is 1. The highest BCUT2D eigenvalue weighted by molar-refractivity contribution is 7.98. The highest BCUT2D eigenvalue weighted by Gasteiger charge is 2.21. The van der Waals surface area contributed by atoms with Gasteiger partial charge in [0.1, 0.15) is 16.5 Å². The SMILES string of the molecule is CC(NC(=O)CCSCc1nc2sc3c(c2c(=O)[nH]1)CCC3)c1ccc(F)cc1. The summed E-state index contributed by atoms with van der Waals surface area (Å²) in [4.78, 5) is 34.3. The second kappa shape index (κ2) is 8.67. The molecule has 1 amide bonds. The van der Waals surface area contributed by atoms with Crippen LogP contribution >= 0.6 is 23.1 Å². The number of rotatable bonds is 7. The number of hydrogen-bond acceptors (Lipinski definition) is 5. The molecule has 5 nitrogen and oxygen atoms in total. The number of aryl methyl sites for hydroxylation is 2. The molecule has 1 aliphatic rings. The molecule has 1 unspecified atom stereocenters. The quantitative estimate of drug-likeness (QED) is 0.552. The van der Waals surface area contributed by atoms with E-state index in [1.807, 2.05) is 6.92 Å². The van der Waals surface area contributed by atoms with E-state index in [0.29, 0.717) is 23.8 Å². The van der Waals surface area contributed by atoms with E-state index >= 15 is 0 Å². The summed E-state index contributed by atoms with van der Waals surface area (Å²) in [7, 11) is 0. The van der Waals surface area contributed by atoms with Crippen LogP contribution in [0.3, 0.4) is 0 Å². The normalized spacial score (nSPS) is 14.1. The Morgan fingerprint density at radius 1 is 1.34 bits per heavy atom. The first-order chi connectivity index (χ1) is 14.0.